The molecule has 0 spiro atoms. The van der Waals surface area contributed by atoms with Gasteiger partial charge < -0.3 is 5.73 Å². The highest BCUT2D eigenvalue weighted by Gasteiger charge is 2.15. The molecule has 0 aliphatic rings. The van der Waals surface area contributed by atoms with Gasteiger partial charge in [0.2, 0.25) is 0 Å². The summed E-state index contributed by atoms with van der Waals surface area (Å²) in [4.78, 5) is 11.8. The quantitative estimate of drug-likeness (QED) is 0.820. The molecule has 0 aliphatic heterocycles. The van der Waals surface area contributed by atoms with Crippen molar-refractivity contribution in [1.82, 2.24) is 4.72 Å². The summed E-state index contributed by atoms with van der Waals surface area (Å²) < 4.78 is 26.2. The van der Waals surface area contributed by atoms with Crippen molar-refractivity contribution in [3.8, 4) is 0 Å². The molecule has 23 heavy (non-hydrogen) atoms. The second-order valence-corrected chi connectivity index (χ2v) is 6.74. The Labute approximate surface area is 135 Å². The molecule has 0 aliphatic carbocycles. The smallest absolute Gasteiger partial charge is 0.264 e. The zero-order chi connectivity index (χ0) is 16.9. The Balaban J connectivity index is 2.07. The van der Waals surface area contributed by atoms with Gasteiger partial charge in [0.05, 0.1) is 4.90 Å². The monoisotopic (exact) mass is 330 g/mol. The van der Waals surface area contributed by atoms with Gasteiger partial charge in [0.25, 0.3) is 15.9 Å². The topological polar surface area (TPSA) is 89.3 Å². The Bertz CT molecular complexity index is 808. The molecule has 2 aromatic rings. The van der Waals surface area contributed by atoms with Crippen LogP contribution in [0.1, 0.15) is 16.7 Å². The second kappa shape index (κ2) is 7.21. The third kappa shape index (κ3) is 4.77. The zero-order valence-corrected chi connectivity index (χ0v) is 13.5. The molecule has 0 saturated carbocycles. The van der Waals surface area contributed by atoms with Gasteiger partial charge in [-0.05, 0) is 36.3 Å². The fourth-order valence-corrected chi connectivity index (χ4v) is 2.82. The van der Waals surface area contributed by atoms with Crippen LogP contribution in [0.5, 0.6) is 0 Å². The number of sulfonamides is 1. The molecule has 0 heterocycles. The molecule has 0 fully saturated rings. The molecular formula is C17H18N2O3S. The number of amides is 1. The van der Waals surface area contributed by atoms with E-state index in [0.717, 1.165) is 16.7 Å². The second-order valence-electron chi connectivity index (χ2n) is 5.06. The van der Waals surface area contributed by atoms with Gasteiger partial charge >= 0.3 is 0 Å². The fraction of sp³-hybridized carbons (Fsp3) is 0.118. The summed E-state index contributed by atoms with van der Waals surface area (Å²) >= 11 is 0. The predicted octanol–water partition coefficient (Wildman–Crippen LogP) is 1.97. The van der Waals surface area contributed by atoms with Crippen molar-refractivity contribution in [2.45, 2.75) is 18.4 Å². The molecule has 0 radical (unpaired) electrons. The van der Waals surface area contributed by atoms with Gasteiger partial charge in [-0.1, -0.05) is 42.0 Å². The number of aryl methyl sites for hydroxylation is 1. The van der Waals surface area contributed by atoms with Gasteiger partial charge in [-0.3, -0.25) is 4.79 Å². The highest BCUT2D eigenvalue weighted by molar-refractivity contribution is 7.90. The van der Waals surface area contributed by atoms with Crippen molar-refractivity contribution in [2.24, 2.45) is 5.73 Å². The number of hydrogen-bond donors (Lipinski definition) is 2. The Morgan fingerprint density at radius 3 is 2.26 bits per heavy atom. The van der Waals surface area contributed by atoms with E-state index in [9.17, 15) is 13.2 Å². The molecule has 3 N–H and O–H groups in total. The fourth-order valence-electron chi connectivity index (χ4n) is 1.88. The summed E-state index contributed by atoms with van der Waals surface area (Å²) in [5, 5.41) is 0. The van der Waals surface area contributed by atoms with Crippen molar-refractivity contribution in [3.05, 3.63) is 71.3 Å². The Kier molecular flexibility index (Phi) is 5.31. The van der Waals surface area contributed by atoms with Crippen LogP contribution in [0.4, 0.5) is 0 Å². The van der Waals surface area contributed by atoms with Crippen molar-refractivity contribution in [3.63, 3.8) is 0 Å². The van der Waals surface area contributed by atoms with E-state index in [-0.39, 0.29) is 4.90 Å². The third-order valence-corrected chi connectivity index (χ3v) is 4.57. The minimum Gasteiger partial charge on any atom is -0.326 e. The highest BCUT2D eigenvalue weighted by atomic mass is 32.2. The number of carbonyl (C=O) groups is 1. The molecule has 0 atom stereocenters. The van der Waals surface area contributed by atoms with Gasteiger partial charge in [0.1, 0.15) is 0 Å². The van der Waals surface area contributed by atoms with Gasteiger partial charge in [0, 0.05) is 12.6 Å². The van der Waals surface area contributed by atoms with Crippen LogP contribution in [0.3, 0.4) is 0 Å². The molecular weight excluding hydrogens is 312 g/mol. The van der Waals surface area contributed by atoms with E-state index in [1.807, 2.05) is 35.9 Å². The van der Waals surface area contributed by atoms with Crippen LogP contribution in [0.25, 0.3) is 6.08 Å². The molecule has 0 aromatic heterocycles. The van der Waals surface area contributed by atoms with Crippen LogP contribution in [-0.4, -0.2) is 14.3 Å². The van der Waals surface area contributed by atoms with Crippen LogP contribution in [-0.2, 0) is 21.4 Å². The van der Waals surface area contributed by atoms with Gasteiger partial charge in [0.15, 0.2) is 0 Å². The summed E-state index contributed by atoms with van der Waals surface area (Å²) in [6.45, 7) is 2.29. The van der Waals surface area contributed by atoms with E-state index < -0.39 is 15.9 Å². The number of rotatable bonds is 5. The molecule has 2 rings (SSSR count). The van der Waals surface area contributed by atoms with Crippen LogP contribution in [0.15, 0.2) is 59.5 Å². The average molecular weight is 330 g/mol. The Hall–Kier alpha value is -2.44. The molecule has 0 bridgehead atoms. The summed E-state index contributed by atoms with van der Waals surface area (Å²) in [5.41, 5.74) is 8.20. The first-order valence-corrected chi connectivity index (χ1v) is 8.49. The lowest BCUT2D eigenvalue weighted by atomic mass is 10.1. The van der Waals surface area contributed by atoms with Crippen LogP contribution < -0.4 is 10.5 Å². The van der Waals surface area contributed by atoms with E-state index in [4.69, 9.17) is 5.73 Å². The minimum absolute atomic E-state index is 0.0202. The molecule has 120 valence electrons. The van der Waals surface area contributed by atoms with E-state index >= 15 is 0 Å². The van der Waals surface area contributed by atoms with Gasteiger partial charge in [-0.15, -0.1) is 0 Å². The maximum Gasteiger partial charge on any atom is 0.264 e. The lowest BCUT2D eigenvalue weighted by molar-refractivity contribution is -0.114. The zero-order valence-electron chi connectivity index (χ0n) is 12.7. The summed E-state index contributed by atoms with van der Waals surface area (Å²) in [7, 11) is -3.89. The van der Waals surface area contributed by atoms with Crippen LogP contribution in [0.2, 0.25) is 0 Å². The summed E-state index contributed by atoms with van der Waals surface area (Å²) in [6, 6.07) is 13.6. The lowest BCUT2D eigenvalue weighted by Crippen LogP contribution is -2.28. The summed E-state index contributed by atoms with van der Waals surface area (Å²) in [5.74, 6) is -0.700. The number of nitrogens with two attached hydrogens (primary N) is 1. The van der Waals surface area contributed by atoms with Crippen molar-refractivity contribution in [1.29, 1.82) is 0 Å². The van der Waals surface area contributed by atoms with E-state index in [1.165, 1.54) is 18.2 Å². The first-order chi connectivity index (χ1) is 10.9. The maximum absolute atomic E-state index is 12.1. The number of nitrogens with one attached hydrogen (secondary N) is 1. The molecule has 0 saturated heterocycles. The van der Waals surface area contributed by atoms with E-state index in [1.54, 1.807) is 18.2 Å². The molecule has 5 nitrogen and oxygen atoms in total. The SMILES string of the molecule is Cc1ccc(/C=C/C(=O)NS(=O)(=O)c2ccc(CN)cc2)cc1. The first-order valence-electron chi connectivity index (χ1n) is 7.01. The average Bonchev–Trinajstić information content (AvgIpc) is 2.54. The lowest BCUT2D eigenvalue weighted by Gasteiger charge is -2.05. The van der Waals surface area contributed by atoms with Crippen molar-refractivity contribution in [2.75, 3.05) is 0 Å². The normalized spacial score (nSPS) is 11.6. The number of benzene rings is 2. The van der Waals surface area contributed by atoms with Crippen LogP contribution in [0, 0.1) is 6.92 Å². The van der Waals surface area contributed by atoms with Crippen molar-refractivity contribution < 1.29 is 13.2 Å². The summed E-state index contributed by atoms with van der Waals surface area (Å²) in [6.07, 6.45) is 2.75. The van der Waals surface area contributed by atoms with Gasteiger partial charge in [-0.2, -0.15) is 0 Å². The maximum atomic E-state index is 12.1. The molecule has 2 aromatic carbocycles. The highest BCUT2D eigenvalue weighted by Crippen LogP contribution is 2.10. The van der Waals surface area contributed by atoms with Crippen molar-refractivity contribution >= 4 is 22.0 Å². The van der Waals surface area contributed by atoms with Gasteiger partial charge in [-0.25, -0.2) is 13.1 Å². The molecule has 0 unspecified atom stereocenters. The minimum atomic E-state index is -3.89. The van der Waals surface area contributed by atoms with E-state index in [2.05, 4.69) is 0 Å². The predicted molar refractivity (Wildman–Crippen MR) is 89.9 cm³/mol. The van der Waals surface area contributed by atoms with E-state index in [0.29, 0.717) is 6.54 Å². The number of carbonyl (C=O) groups excluding carboxylic acids is 1. The largest absolute Gasteiger partial charge is 0.326 e. The standard InChI is InChI=1S/C17H18N2O3S/c1-13-2-4-14(5-3-13)8-11-17(20)19-23(21,22)16-9-6-15(12-18)7-10-16/h2-11H,12,18H2,1H3,(H,19,20)/b11-8+. The first kappa shape index (κ1) is 16.9. The Morgan fingerprint density at radius 1 is 1.09 bits per heavy atom. The van der Waals surface area contributed by atoms with Crippen LogP contribution >= 0.6 is 0 Å². The third-order valence-electron chi connectivity index (χ3n) is 3.21. The number of hydrogen-bond acceptors (Lipinski definition) is 4. The Morgan fingerprint density at radius 2 is 1.70 bits per heavy atom. The molecule has 6 heteroatoms. The molecule has 1 amide bonds.